The van der Waals surface area contributed by atoms with E-state index in [9.17, 15) is 9.59 Å². The highest BCUT2D eigenvalue weighted by Crippen LogP contribution is 2.15. The van der Waals surface area contributed by atoms with E-state index in [2.05, 4.69) is 21.7 Å². The molecule has 0 unspecified atom stereocenters. The van der Waals surface area contributed by atoms with E-state index in [0.717, 1.165) is 12.8 Å². The van der Waals surface area contributed by atoms with E-state index in [1.807, 2.05) is 20.8 Å². The summed E-state index contributed by atoms with van der Waals surface area (Å²) in [6, 6.07) is 6.39. The van der Waals surface area contributed by atoms with Gasteiger partial charge in [-0.25, -0.2) is 14.5 Å². The smallest absolute Gasteiger partial charge is 0.494 e. The zero-order chi connectivity index (χ0) is 19.4. The van der Waals surface area contributed by atoms with E-state index < -0.39 is 12.1 Å². The van der Waals surface area contributed by atoms with E-state index in [4.69, 9.17) is 9.47 Å². The summed E-state index contributed by atoms with van der Waals surface area (Å²) < 4.78 is 10.4. The predicted molar refractivity (Wildman–Crippen MR) is 94.5 cm³/mol. The lowest BCUT2D eigenvalue weighted by molar-refractivity contribution is -0.452. The van der Waals surface area contributed by atoms with E-state index >= 15 is 0 Å². The lowest BCUT2D eigenvalue weighted by atomic mass is 9.99. The molecule has 0 N–H and O–H groups in total. The van der Waals surface area contributed by atoms with Crippen LogP contribution >= 0.6 is 0 Å². The molecule has 7 heteroatoms. The van der Waals surface area contributed by atoms with Gasteiger partial charge in [0.1, 0.15) is 5.75 Å². The van der Waals surface area contributed by atoms with Crippen LogP contribution in [0.25, 0.3) is 0 Å². The summed E-state index contributed by atoms with van der Waals surface area (Å²) in [5, 5.41) is 4.15. The Morgan fingerprint density at radius 1 is 0.962 bits per heavy atom. The first-order valence-corrected chi connectivity index (χ1v) is 8.77. The number of ether oxygens (including phenoxy) is 2. The van der Waals surface area contributed by atoms with Gasteiger partial charge in [0.25, 0.3) is 0 Å². The van der Waals surface area contributed by atoms with Gasteiger partial charge in [-0.1, -0.05) is 47.0 Å². The third kappa shape index (κ3) is 9.88. The third-order valence-electron chi connectivity index (χ3n) is 3.19. The first-order valence-electron chi connectivity index (χ1n) is 8.77. The van der Waals surface area contributed by atoms with Gasteiger partial charge >= 0.3 is 12.1 Å². The van der Waals surface area contributed by atoms with Crippen LogP contribution in [-0.4, -0.2) is 25.3 Å². The van der Waals surface area contributed by atoms with Crippen molar-refractivity contribution in [1.82, 2.24) is 0 Å². The second-order valence-corrected chi connectivity index (χ2v) is 7.06. The minimum Gasteiger partial charge on any atom is -0.494 e. The molecule has 0 heterocycles. The van der Waals surface area contributed by atoms with Crippen molar-refractivity contribution < 1.29 is 33.9 Å². The molecule has 0 radical (unpaired) electrons. The molecule has 1 rings (SSSR count). The largest absolute Gasteiger partial charge is 0.543 e. The average molecular weight is 368 g/mol. The fourth-order valence-corrected chi connectivity index (χ4v) is 1.83. The third-order valence-corrected chi connectivity index (χ3v) is 3.19. The van der Waals surface area contributed by atoms with Crippen molar-refractivity contribution in [3.8, 4) is 5.75 Å². The number of benzene rings is 1. The average Bonchev–Trinajstić information content (AvgIpc) is 2.59. The maximum Gasteiger partial charge on any atom is 0.543 e. The van der Waals surface area contributed by atoms with Gasteiger partial charge in [0.2, 0.25) is 0 Å². The Hall–Kier alpha value is -2.28. The van der Waals surface area contributed by atoms with E-state index in [1.165, 1.54) is 25.0 Å². The molecule has 0 fully saturated rings. The van der Waals surface area contributed by atoms with Crippen molar-refractivity contribution in [1.29, 1.82) is 0 Å². The predicted octanol–water partition coefficient (Wildman–Crippen LogP) is 4.85. The monoisotopic (exact) mass is 368 g/mol. The highest BCUT2D eigenvalue weighted by atomic mass is 17.5. The lowest BCUT2D eigenvalue weighted by Crippen LogP contribution is -2.19. The molecule has 0 spiro atoms. The number of unbranched alkanes of at least 4 members (excludes halogenated alkanes) is 3. The first kappa shape index (κ1) is 21.8. The van der Waals surface area contributed by atoms with Crippen LogP contribution in [0.3, 0.4) is 0 Å². The molecule has 1 aromatic rings. The minimum absolute atomic E-state index is 0.142. The van der Waals surface area contributed by atoms with E-state index in [-0.39, 0.29) is 17.6 Å². The number of rotatable bonds is 10. The Labute approximate surface area is 154 Å². The summed E-state index contributed by atoms with van der Waals surface area (Å²) in [6.07, 6.45) is 3.42. The second-order valence-electron chi connectivity index (χ2n) is 7.06. The SMILES string of the molecule is CCCCCCOc1ccc(C(=O)OOOC(=O)OCC(C)(C)C)cc1. The Morgan fingerprint density at radius 3 is 2.27 bits per heavy atom. The minimum atomic E-state index is -1.08. The van der Waals surface area contributed by atoms with Crippen LogP contribution < -0.4 is 4.74 Å². The van der Waals surface area contributed by atoms with Crippen molar-refractivity contribution in [3.05, 3.63) is 29.8 Å². The van der Waals surface area contributed by atoms with Crippen LogP contribution in [0.4, 0.5) is 4.79 Å². The molecule has 0 atom stereocenters. The molecule has 1 aromatic carbocycles. The van der Waals surface area contributed by atoms with Gasteiger partial charge in [-0.3, -0.25) is 4.89 Å². The zero-order valence-corrected chi connectivity index (χ0v) is 15.9. The summed E-state index contributed by atoms with van der Waals surface area (Å²) >= 11 is 0. The number of hydrogen-bond donors (Lipinski definition) is 0. The maximum absolute atomic E-state index is 11.8. The number of carbonyl (C=O) groups is 2. The molecule has 7 nitrogen and oxygen atoms in total. The number of carbonyl (C=O) groups excluding carboxylic acids is 2. The molecule has 26 heavy (non-hydrogen) atoms. The summed E-state index contributed by atoms with van der Waals surface area (Å²) in [5.74, 6) is -0.135. The molecule has 0 aliphatic heterocycles. The van der Waals surface area contributed by atoms with E-state index in [0.29, 0.717) is 12.4 Å². The Balaban J connectivity index is 2.27. The van der Waals surface area contributed by atoms with Crippen LogP contribution in [0.2, 0.25) is 0 Å². The molecular formula is C19H28O7. The van der Waals surface area contributed by atoms with Crippen LogP contribution in [0.1, 0.15) is 63.7 Å². The van der Waals surface area contributed by atoms with Crippen molar-refractivity contribution in [2.75, 3.05) is 13.2 Å². The highest BCUT2D eigenvalue weighted by Gasteiger charge is 2.16. The molecule has 0 saturated carbocycles. The molecule has 0 aliphatic rings. The van der Waals surface area contributed by atoms with Gasteiger partial charge in [-0.05, 0) is 36.1 Å². The van der Waals surface area contributed by atoms with Crippen LogP contribution in [0, 0.1) is 5.41 Å². The topological polar surface area (TPSA) is 80.3 Å². The van der Waals surface area contributed by atoms with Gasteiger partial charge in [-0.15, -0.1) is 0 Å². The lowest BCUT2D eigenvalue weighted by Gasteiger charge is -2.16. The van der Waals surface area contributed by atoms with Crippen LogP contribution in [0.15, 0.2) is 24.3 Å². The molecule has 0 aromatic heterocycles. The van der Waals surface area contributed by atoms with Crippen LogP contribution in [0.5, 0.6) is 5.75 Å². The van der Waals surface area contributed by atoms with Gasteiger partial charge in [0.05, 0.1) is 23.8 Å². The standard InChI is InChI=1S/C19H28O7/c1-5-6-7-8-13-22-16-11-9-15(10-12-16)17(20)24-26-25-18(21)23-14-19(2,3)4/h9-12H,5-8,13-14H2,1-4H3. The summed E-state index contributed by atoms with van der Waals surface area (Å²) in [7, 11) is 0. The van der Waals surface area contributed by atoms with Crippen molar-refractivity contribution in [2.24, 2.45) is 5.41 Å². The molecule has 146 valence electrons. The van der Waals surface area contributed by atoms with E-state index in [1.54, 1.807) is 12.1 Å². The molecule has 0 amide bonds. The van der Waals surface area contributed by atoms with Gasteiger partial charge in [0.15, 0.2) is 0 Å². The summed E-state index contributed by atoms with van der Waals surface area (Å²) in [5.41, 5.74) is 0.0187. The molecule has 0 aliphatic carbocycles. The summed E-state index contributed by atoms with van der Waals surface area (Å²) in [4.78, 5) is 31.6. The fourth-order valence-electron chi connectivity index (χ4n) is 1.83. The fraction of sp³-hybridized carbons (Fsp3) is 0.579. The Morgan fingerprint density at radius 2 is 1.65 bits per heavy atom. The maximum atomic E-state index is 11.8. The Bertz CT molecular complexity index is 546. The van der Waals surface area contributed by atoms with Crippen LogP contribution in [-0.2, 0) is 19.6 Å². The van der Waals surface area contributed by atoms with Gasteiger partial charge in [0, 0.05) is 0 Å². The summed E-state index contributed by atoms with van der Waals surface area (Å²) in [6.45, 7) is 8.60. The normalized spacial score (nSPS) is 10.9. The number of hydrogen-bond acceptors (Lipinski definition) is 7. The second kappa shape index (κ2) is 11.4. The van der Waals surface area contributed by atoms with Gasteiger partial charge < -0.3 is 9.47 Å². The molecule has 0 saturated heterocycles. The highest BCUT2D eigenvalue weighted by molar-refractivity contribution is 5.89. The molecule has 0 bridgehead atoms. The zero-order valence-electron chi connectivity index (χ0n) is 15.9. The molecular weight excluding hydrogens is 340 g/mol. The van der Waals surface area contributed by atoms with Crippen molar-refractivity contribution >= 4 is 12.1 Å². The van der Waals surface area contributed by atoms with Crippen molar-refractivity contribution in [2.45, 2.75) is 53.4 Å². The van der Waals surface area contributed by atoms with Gasteiger partial charge in [-0.2, -0.15) is 0 Å². The van der Waals surface area contributed by atoms with Crippen molar-refractivity contribution in [3.63, 3.8) is 0 Å². The quantitative estimate of drug-likeness (QED) is 0.253. The first-order chi connectivity index (χ1) is 12.3. The Kier molecular flexibility index (Phi) is 9.51.